The summed E-state index contributed by atoms with van der Waals surface area (Å²) in [7, 11) is 1.84. The lowest BCUT2D eigenvalue weighted by molar-refractivity contribution is 0.185. The summed E-state index contributed by atoms with van der Waals surface area (Å²) < 4.78 is 6.23. The Morgan fingerprint density at radius 1 is 1.47 bits per heavy atom. The molecule has 5 nitrogen and oxygen atoms in total. The fourth-order valence-corrected chi connectivity index (χ4v) is 2.42. The van der Waals surface area contributed by atoms with Gasteiger partial charge in [0.15, 0.2) is 0 Å². The van der Waals surface area contributed by atoms with E-state index in [1.54, 1.807) is 6.33 Å². The third-order valence-corrected chi connectivity index (χ3v) is 3.65. The lowest BCUT2D eigenvalue weighted by Gasteiger charge is -2.11. The van der Waals surface area contributed by atoms with Gasteiger partial charge >= 0.3 is 0 Å². The quantitative estimate of drug-likeness (QED) is 0.872. The third-order valence-electron chi connectivity index (χ3n) is 2.90. The Balaban J connectivity index is 1.85. The minimum Gasteiger partial charge on any atom is -0.381 e. The van der Waals surface area contributed by atoms with E-state index in [0.29, 0.717) is 5.92 Å². The largest absolute Gasteiger partial charge is 0.381 e. The van der Waals surface area contributed by atoms with E-state index in [0.717, 1.165) is 42.3 Å². The van der Waals surface area contributed by atoms with Gasteiger partial charge in [-0.05, 0) is 34.7 Å². The number of anilines is 2. The molecule has 2 rings (SSSR count). The van der Waals surface area contributed by atoms with E-state index in [-0.39, 0.29) is 0 Å². The predicted molar refractivity (Wildman–Crippen MR) is 71.3 cm³/mol. The number of nitrogens with zero attached hydrogens (tertiary/aromatic N) is 2. The molecule has 0 saturated carbocycles. The van der Waals surface area contributed by atoms with E-state index in [9.17, 15) is 0 Å². The van der Waals surface area contributed by atoms with Crippen LogP contribution in [0.15, 0.2) is 10.8 Å². The van der Waals surface area contributed by atoms with Crippen molar-refractivity contribution in [2.24, 2.45) is 5.92 Å². The van der Waals surface area contributed by atoms with Crippen molar-refractivity contribution in [1.29, 1.82) is 0 Å². The molecule has 0 aromatic carbocycles. The minimum absolute atomic E-state index is 0.687. The second-order valence-corrected chi connectivity index (χ2v) is 4.87. The normalized spacial score (nSPS) is 19.3. The van der Waals surface area contributed by atoms with Crippen LogP contribution >= 0.6 is 15.9 Å². The zero-order valence-electron chi connectivity index (χ0n) is 9.87. The molecule has 1 fully saturated rings. The fourth-order valence-electron chi connectivity index (χ4n) is 1.87. The number of nitrogens with one attached hydrogen (secondary N) is 2. The number of hydrogen-bond donors (Lipinski definition) is 2. The lowest BCUT2D eigenvalue weighted by Crippen LogP contribution is -2.11. The van der Waals surface area contributed by atoms with Crippen LogP contribution in [0.2, 0.25) is 0 Å². The Morgan fingerprint density at radius 3 is 3.00 bits per heavy atom. The number of halogens is 1. The molecule has 0 amide bonds. The summed E-state index contributed by atoms with van der Waals surface area (Å²) in [5.41, 5.74) is 0. The molecular weight excluding hydrogens is 284 g/mol. The Kier molecular flexibility index (Phi) is 4.56. The Labute approximate surface area is 110 Å². The van der Waals surface area contributed by atoms with Gasteiger partial charge in [0.25, 0.3) is 0 Å². The summed E-state index contributed by atoms with van der Waals surface area (Å²) >= 11 is 3.48. The summed E-state index contributed by atoms with van der Waals surface area (Å²) in [6.45, 7) is 2.72. The summed E-state index contributed by atoms with van der Waals surface area (Å²) in [6.07, 6.45) is 3.84. The topological polar surface area (TPSA) is 59.1 Å². The highest BCUT2D eigenvalue weighted by molar-refractivity contribution is 9.10. The van der Waals surface area contributed by atoms with Crippen LogP contribution in [-0.2, 0) is 4.74 Å². The summed E-state index contributed by atoms with van der Waals surface area (Å²) in [4.78, 5) is 8.32. The molecule has 1 aliphatic rings. The van der Waals surface area contributed by atoms with Gasteiger partial charge in [-0.1, -0.05) is 0 Å². The van der Waals surface area contributed by atoms with Gasteiger partial charge in [0.1, 0.15) is 22.4 Å². The van der Waals surface area contributed by atoms with Gasteiger partial charge in [-0.15, -0.1) is 0 Å². The van der Waals surface area contributed by atoms with Gasteiger partial charge in [-0.3, -0.25) is 0 Å². The third kappa shape index (κ3) is 3.29. The molecule has 0 aliphatic carbocycles. The zero-order valence-corrected chi connectivity index (χ0v) is 11.5. The van der Waals surface area contributed by atoms with Crippen molar-refractivity contribution in [3.05, 3.63) is 10.8 Å². The van der Waals surface area contributed by atoms with Crippen molar-refractivity contribution in [1.82, 2.24) is 9.97 Å². The number of hydrogen-bond acceptors (Lipinski definition) is 5. The summed E-state index contributed by atoms with van der Waals surface area (Å²) in [5.74, 6) is 2.32. The highest BCUT2D eigenvalue weighted by atomic mass is 79.9. The zero-order chi connectivity index (χ0) is 12.1. The van der Waals surface area contributed by atoms with Crippen LogP contribution in [0.5, 0.6) is 0 Å². The molecular formula is C11H17BrN4O. The molecule has 2 N–H and O–H groups in total. The number of ether oxygens (including phenoxy) is 1. The maximum absolute atomic E-state index is 5.35. The van der Waals surface area contributed by atoms with Crippen molar-refractivity contribution in [2.45, 2.75) is 12.8 Å². The van der Waals surface area contributed by atoms with Crippen LogP contribution in [0.3, 0.4) is 0 Å². The Bertz CT molecular complexity index is 368. The average Bonchev–Trinajstić information content (AvgIpc) is 2.84. The molecule has 17 heavy (non-hydrogen) atoms. The molecule has 0 radical (unpaired) electrons. The van der Waals surface area contributed by atoms with Gasteiger partial charge in [0.2, 0.25) is 0 Å². The fraction of sp³-hybridized carbons (Fsp3) is 0.636. The van der Waals surface area contributed by atoms with E-state index in [1.807, 2.05) is 7.05 Å². The van der Waals surface area contributed by atoms with Gasteiger partial charge in [0, 0.05) is 26.8 Å². The SMILES string of the molecule is CNc1ncnc(NCCC2CCOC2)c1Br. The summed E-state index contributed by atoms with van der Waals surface area (Å²) in [5, 5.41) is 6.33. The molecule has 1 atom stereocenters. The molecule has 1 unspecified atom stereocenters. The van der Waals surface area contributed by atoms with Crippen LogP contribution in [0, 0.1) is 5.92 Å². The summed E-state index contributed by atoms with van der Waals surface area (Å²) in [6, 6.07) is 0. The van der Waals surface area contributed by atoms with E-state index in [2.05, 4.69) is 36.5 Å². The smallest absolute Gasteiger partial charge is 0.145 e. The second-order valence-electron chi connectivity index (χ2n) is 4.08. The highest BCUT2D eigenvalue weighted by Gasteiger charge is 2.15. The van der Waals surface area contributed by atoms with Crippen molar-refractivity contribution in [3.63, 3.8) is 0 Å². The molecule has 1 aliphatic heterocycles. The molecule has 1 aromatic rings. The first-order valence-electron chi connectivity index (χ1n) is 5.81. The maximum atomic E-state index is 5.35. The van der Waals surface area contributed by atoms with Crippen LogP contribution in [0.4, 0.5) is 11.6 Å². The number of rotatable bonds is 5. The van der Waals surface area contributed by atoms with Gasteiger partial charge < -0.3 is 15.4 Å². The monoisotopic (exact) mass is 300 g/mol. The highest BCUT2D eigenvalue weighted by Crippen LogP contribution is 2.26. The Hall–Kier alpha value is -0.880. The minimum atomic E-state index is 0.687. The molecule has 1 saturated heterocycles. The van der Waals surface area contributed by atoms with E-state index < -0.39 is 0 Å². The lowest BCUT2D eigenvalue weighted by atomic mass is 10.1. The van der Waals surface area contributed by atoms with Crippen molar-refractivity contribution >= 4 is 27.6 Å². The molecule has 6 heteroatoms. The van der Waals surface area contributed by atoms with Gasteiger partial charge in [-0.2, -0.15) is 0 Å². The maximum Gasteiger partial charge on any atom is 0.145 e. The average molecular weight is 301 g/mol. The van der Waals surface area contributed by atoms with Crippen molar-refractivity contribution < 1.29 is 4.74 Å². The van der Waals surface area contributed by atoms with Crippen LogP contribution < -0.4 is 10.6 Å². The first kappa shape index (κ1) is 12.6. The van der Waals surface area contributed by atoms with E-state index >= 15 is 0 Å². The molecule has 94 valence electrons. The second kappa shape index (κ2) is 6.16. The van der Waals surface area contributed by atoms with Crippen molar-refractivity contribution in [3.8, 4) is 0 Å². The first-order valence-corrected chi connectivity index (χ1v) is 6.60. The number of aromatic nitrogens is 2. The van der Waals surface area contributed by atoms with Crippen LogP contribution in [-0.4, -0.2) is 36.8 Å². The molecule has 0 spiro atoms. The molecule has 2 heterocycles. The van der Waals surface area contributed by atoms with Gasteiger partial charge in [-0.25, -0.2) is 9.97 Å². The Morgan fingerprint density at radius 2 is 2.29 bits per heavy atom. The van der Waals surface area contributed by atoms with Gasteiger partial charge in [0.05, 0.1) is 0 Å². The molecule has 1 aromatic heterocycles. The van der Waals surface area contributed by atoms with E-state index in [4.69, 9.17) is 4.74 Å². The predicted octanol–water partition coefficient (Wildman–Crippen LogP) is 2.12. The van der Waals surface area contributed by atoms with Crippen LogP contribution in [0.1, 0.15) is 12.8 Å². The molecule has 0 bridgehead atoms. The first-order chi connectivity index (χ1) is 8.31. The van der Waals surface area contributed by atoms with Crippen molar-refractivity contribution in [2.75, 3.05) is 37.4 Å². The van der Waals surface area contributed by atoms with E-state index in [1.165, 1.54) is 6.42 Å². The standard InChI is InChI=1S/C11H17BrN4O/c1-13-10-9(12)11(16-7-15-10)14-4-2-8-3-5-17-6-8/h7-8H,2-6H2,1H3,(H2,13,14,15,16). The van der Waals surface area contributed by atoms with Crippen LogP contribution in [0.25, 0.3) is 0 Å².